The van der Waals surface area contributed by atoms with Gasteiger partial charge in [-0.1, -0.05) is 19.1 Å². The average molecular weight is 541 g/mol. The molecule has 0 unspecified atom stereocenters. The summed E-state index contributed by atoms with van der Waals surface area (Å²) in [5.41, 5.74) is 5.16. The Bertz CT molecular complexity index is 1570. The Hall–Kier alpha value is -4.50. The first-order valence-electron chi connectivity index (χ1n) is 12.6. The van der Waals surface area contributed by atoms with Crippen LogP contribution in [0.2, 0.25) is 0 Å². The molecule has 0 bridgehead atoms. The molecular formula is C30H28N4O4S. The van der Waals surface area contributed by atoms with Crippen LogP contribution in [-0.2, 0) is 4.79 Å². The number of rotatable bonds is 7. The van der Waals surface area contributed by atoms with Gasteiger partial charge >= 0.3 is 5.97 Å². The summed E-state index contributed by atoms with van der Waals surface area (Å²) in [4.78, 5) is 29.9. The molecule has 0 radical (unpaired) electrons. The maximum atomic E-state index is 12.0. The zero-order valence-electron chi connectivity index (χ0n) is 21.8. The van der Waals surface area contributed by atoms with Crippen molar-refractivity contribution in [2.75, 3.05) is 10.2 Å². The molecular weight excluding hydrogens is 512 g/mol. The second-order valence-electron chi connectivity index (χ2n) is 9.43. The molecule has 3 heterocycles. The van der Waals surface area contributed by atoms with Crippen LogP contribution in [0, 0.1) is 13.8 Å². The average Bonchev–Trinajstić information content (AvgIpc) is 3.54. The highest BCUT2D eigenvalue weighted by molar-refractivity contribution is 7.80. The molecule has 198 valence electrons. The van der Waals surface area contributed by atoms with Crippen LogP contribution < -0.4 is 15.5 Å². The Kier molecular flexibility index (Phi) is 7.17. The molecule has 1 saturated heterocycles. The van der Waals surface area contributed by atoms with Gasteiger partial charge in [0.05, 0.1) is 17.3 Å². The van der Waals surface area contributed by atoms with Crippen LogP contribution in [-0.4, -0.2) is 27.1 Å². The number of anilines is 2. The topological polar surface area (TPSA) is 108 Å². The smallest absolute Gasteiger partial charge is 0.335 e. The van der Waals surface area contributed by atoms with Crippen molar-refractivity contribution in [2.45, 2.75) is 39.3 Å². The molecule has 0 aliphatic carbocycles. The standard InChI is InChI=1S/C30H28N4O4S/c1-4-26(35)32-22-11-9-20(16-18(22)3)34-28(27(33-30(34)39)23-7-5-6-14-31-23)25-13-12-24(38-25)21-10-8-19(29(36)37)15-17(21)2/h5-16,27-28H,4H2,1-3H3,(H,32,35)(H,33,39)(H,36,37)/t27-,28-/m1/s1. The Balaban J connectivity index is 1.56. The summed E-state index contributed by atoms with van der Waals surface area (Å²) in [6, 6.07) is 19.7. The van der Waals surface area contributed by atoms with Crippen molar-refractivity contribution >= 4 is 40.6 Å². The first kappa shape index (κ1) is 26.1. The third-order valence-corrected chi connectivity index (χ3v) is 7.15. The maximum Gasteiger partial charge on any atom is 0.335 e. The Labute approximate surface area is 231 Å². The zero-order valence-corrected chi connectivity index (χ0v) is 22.6. The van der Waals surface area contributed by atoms with Crippen LogP contribution in [0.4, 0.5) is 11.4 Å². The number of thiocarbonyl (C=S) groups is 1. The zero-order chi connectivity index (χ0) is 27.7. The first-order chi connectivity index (χ1) is 18.8. The molecule has 4 aromatic rings. The quantitative estimate of drug-likeness (QED) is 0.239. The normalized spacial score (nSPS) is 16.7. The van der Waals surface area contributed by atoms with Gasteiger partial charge in [0.1, 0.15) is 17.6 Å². The summed E-state index contributed by atoms with van der Waals surface area (Å²) >= 11 is 5.82. The third-order valence-electron chi connectivity index (χ3n) is 6.84. The van der Waals surface area contributed by atoms with Gasteiger partial charge in [-0.05, 0) is 91.8 Å². The van der Waals surface area contributed by atoms with E-state index in [4.69, 9.17) is 16.6 Å². The second-order valence-corrected chi connectivity index (χ2v) is 9.82. The Morgan fingerprint density at radius 3 is 2.56 bits per heavy atom. The minimum Gasteiger partial charge on any atom is -0.478 e. The van der Waals surface area contributed by atoms with Crippen molar-refractivity contribution in [3.8, 4) is 11.3 Å². The summed E-state index contributed by atoms with van der Waals surface area (Å²) in [6.07, 6.45) is 2.14. The molecule has 39 heavy (non-hydrogen) atoms. The number of carboxylic acid groups (broad SMARTS) is 1. The number of benzene rings is 2. The van der Waals surface area contributed by atoms with Gasteiger partial charge in [-0.15, -0.1) is 0 Å². The van der Waals surface area contributed by atoms with Crippen molar-refractivity contribution in [3.63, 3.8) is 0 Å². The molecule has 1 amide bonds. The molecule has 9 heteroatoms. The number of furan rings is 1. The third kappa shape index (κ3) is 5.13. The van der Waals surface area contributed by atoms with Crippen LogP contribution in [0.5, 0.6) is 0 Å². The number of aromatic nitrogens is 1. The fourth-order valence-electron chi connectivity index (χ4n) is 4.83. The molecule has 8 nitrogen and oxygen atoms in total. The van der Waals surface area contributed by atoms with E-state index < -0.39 is 5.97 Å². The Morgan fingerprint density at radius 1 is 1.08 bits per heavy atom. The van der Waals surface area contributed by atoms with Gasteiger partial charge in [0.25, 0.3) is 0 Å². The van der Waals surface area contributed by atoms with E-state index in [1.54, 1.807) is 24.4 Å². The van der Waals surface area contributed by atoms with Crippen molar-refractivity contribution in [3.05, 3.63) is 101 Å². The second kappa shape index (κ2) is 10.7. The van der Waals surface area contributed by atoms with Gasteiger partial charge in [0.15, 0.2) is 5.11 Å². The molecule has 1 aliphatic rings. The van der Waals surface area contributed by atoms with Gasteiger partial charge in [-0.3, -0.25) is 9.78 Å². The molecule has 1 aliphatic heterocycles. The summed E-state index contributed by atoms with van der Waals surface area (Å²) in [6.45, 7) is 5.62. The Morgan fingerprint density at radius 2 is 1.90 bits per heavy atom. The first-order valence-corrected chi connectivity index (χ1v) is 13.0. The summed E-state index contributed by atoms with van der Waals surface area (Å²) < 4.78 is 6.43. The predicted molar refractivity (Wildman–Crippen MR) is 154 cm³/mol. The molecule has 5 rings (SSSR count). The monoisotopic (exact) mass is 540 g/mol. The van der Waals surface area contributed by atoms with Crippen LogP contribution in [0.1, 0.15) is 58.4 Å². The van der Waals surface area contributed by atoms with E-state index in [9.17, 15) is 14.7 Å². The summed E-state index contributed by atoms with van der Waals surface area (Å²) in [5, 5.41) is 16.2. The molecule has 0 saturated carbocycles. The highest BCUT2D eigenvalue weighted by Gasteiger charge is 2.42. The van der Waals surface area contributed by atoms with Crippen molar-refractivity contribution < 1.29 is 19.1 Å². The van der Waals surface area contributed by atoms with Crippen molar-refractivity contribution in [1.82, 2.24) is 10.3 Å². The van der Waals surface area contributed by atoms with E-state index in [2.05, 4.69) is 15.6 Å². The van der Waals surface area contributed by atoms with Gasteiger partial charge in [-0.25, -0.2) is 4.79 Å². The predicted octanol–water partition coefficient (Wildman–Crippen LogP) is 6.18. The molecule has 3 N–H and O–H groups in total. The minimum atomic E-state index is -0.972. The fourth-order valence-corrected chi connectivity index (χ4v) is 5.17. The van der Waals surface area contributed by atoms with Gasteiger partial charge in [0.2, 0.25) is 5.91 Å². The minimum absolute atomic E-state index is 0.0490. The molecule has 2 atom stereocenters. The van der Waals surface area contributed by atoms with E-state index in [1.165, 1.54) is 0 Å². The number of nitrogens with zero attached hydrogens (tertiary/aromatic N) is 2. The lowest BCUT2D eigenvalue weighted by Gasteiger charge is -2.27. The summed E-state index contributed by atoms with van der Waals surface area (Å²) in [5.74, 6) is 0.286. The van der Waals surface area contributed by atoms with Crippen LogP contribution in [0.15, 0.2) is 77.3 Å². The number of hydrogen-bond donors (Lipinski definition) is 3. The molecule has 2 aromatic carbocycles. The summed E-state index contributed by atoms with van der Waals surface area (Å²) in [7, 11) is 0. The number of carbonyl (C=O) groups is 2. The van der Waals surface area contributed by atoms with E-state index in [0.717, 1.165) is 33.8 Å². The van der Waals surface area contributed by atoms with E-state index in [-0.39, 0.29) is 23.6 Å². The van der Waals surface area contributed by atoms with Gasteiger partial charge in [-0.2, -0.15) is 0 Å². The van der Waals surface area contributed by atoms with Crippen LogP contribution >= 0.6 is 12.2 Å². The van der Waals surface area contributed by atoms with E-state index in [1.807, 2.05) is 74.2 Å². The number of amides is 1. The lowest BCUT2D eigenvalue weighted by Crippen LogP contribution is -2.29. The SMILES string of the molecule is CCC(=O)Nc1ccc(N2C(=S)N[C@H](c3ccccn3)[C@H]2c2ccc(-c3ccc(C(=O)O)cc3C)o2)cc1C. The van der Waals surface area contributed by atoms with Crippen LogP contribution in [0.3, 0.4) is 0 Å². The largest absolute Gasteiger partial charge is 0.478 e. The van der Waals surface area contributed by atoms with E-state index >= 15 is 0 Å². The van der Waals surface area contributed by atoms with Crippen molar-refractivity contribution in [1.29, 1.82) is 0 Å². The highest BCUT2D eigenvalue weighted by Crippen LogP contribution is 2.43. The number of aromatic carboxylic acids is 1. The number of hydrogen-bond acceptors (Lipinski definition) is 5. The fraction of sp³-hybridized carbons (Fsp3) is 0.200. The number of aryl methyl sites for hydroxylation is 2. The number of carbonyl (C=O) groups excluding carboxylic acids is 1. The number of carboxylic acids is 1. The highest BCUT2D eigenvalue weighted by atomic mass is 32.1. The lowest BCUT2D eigenvalue weighted by molar-refractivity contribution is -0.115. The molecule has 0 spiro atoms. The number of nitrogens with one attached hydrogen (secondary N) is 2. The number of pyridine rings is 1. The van der Waals surface area contributed by atoms with E-state index in [0.29, 0.717) is 23.1 Å². The molecule has 2 aromatic heterocycles. The molecule has 1 fully saturated rings. The maximum absolute atomic E-state index is 12.0. The van der Waals surface area contributed by atoms with Crippen molar-refractivity contribution in [2.24, 2.45) is 0 Å². The van der Waals surface area contributed by atoms with Gasteiger partial charge in [0, 0.05) is 29.6 Å². The van der Waals surface area contributed by atoms with Crippen LogP contribution in [0.25, 0.3) is 11.3 Å². The lowest BCUT2D eigenvalue weighted by atomic mass is 10.0. The van der Waals surface area contributed by atoms with Gasteiger partial charge < -0.3 is 25.1 Å².